The highest BCUT2D eigenvalue weighted by atomic mass is 16.5. The highest BCUT2D eigenvalue weighted by Gasteiger charge is 2.32. The molecule has 0 spiro atoms. The fraction of sp³-hybridized carbons (Fsp3) is 0.550. The van der Waals surface area contributed by atoms with Gasteiger partial charge in [0.2, 0.25) is 0 Å². The van der Waals surface area contributed by atoms with E-state index < -0.39 is 0 Å². The van der Waals surface area contributed by atoms with Crippen LogP contribution in [0.2, 0.25) is 0 Å². The van der Waals surface area contributed by atoms with Crippen LogP contribution in [0, 0.1) is 0 Å². The van der Waals surface area contributed by atoms with E-state index in [0.29, 0.717) is 6.04 Å². The predicted molar refractivity (Wildman–Crippen MR) is 101 cm³/mol. The lowest BCUT2D eigenvalue weighted by molar-refractivity contribution is 0.0886. The number of aryl methyl sites for hydroxylation is 1. The van der Waals surface area contributed by atoms with Gasteiger partial charge in [-0.1, -0.05) is 12.1 Å². The van der Waals surface area contributed by atoms with Crippen LogP contribution < -0.4 is 10.2 Å². The Labute approximate surface area is 155 Å². The van der Waals surface area contributed by atoms with Crippen LogP contribution in [0.1, 0.15) is 30.8 Å². The number of hydrogen-bond donors (Lipinski definition) is 1. The molecule has 6 nitrogen and oxygen atoms in total. The lowest BCUT2D eigenvalue weighted by Gasteiger charge is -2.29. The van der Waals surface area contributed by atoms with Gasteiger partial charge in [-0.05, 0) is 31.0 Å². The molecule has 2 fully saturated rings. The van der Waals surface area contributed by atoms with E-state index in [1.165, 1.54) is 11.3 Å². The SMILES string of the molecule is CCn1ccnc1[C@H]1OCC[C@@H]1NCc1ccc(N2CCOCC2)cc1. The zero-order chi connectivity index (χ0) is 17.8. The van der Waals surface area contributed by atoms with Gasteiger partial charge in [-0.3, -0.25) is 0 Å². The summed E-state index contributed by atoms with van der Waals surface area (Å²) in [5, 5.41) is 3.67. The van der Waals surface area contributed by atoms with Gasteiger partial charge in [-0.25, -0.2) is 4.98 Å². The van der Waals surface area contributed by atoms with E-state index in [1.807, 2.05) is 12.4 Å². The second kappa shape index (κ2) is 8.20. The van der Waals surface area contributed by atoms with Crippen LogP contribution in [0.15, 0.2) is 36.7 Å². The van der Waals surface area contributed by atoms with Crippen LogP contribution in [0.25, 0.3) is 0 Å². The summed E-state index contributed by atoms with van der Waals surface area (Å²) in [5.74, 6) is 1.03. The van der Waals surface area contributed by atoms with Crippen molar-refractivity contribution in [3.8, 4) is 0 Å². The normalized spacial score (nSPS) is 23.5. The van der Waals surface area contributed by atoms with E-state index in [-0.39, 0.29) is 6.10 Å². The number of benzene rings is 1. The topological polar surface area (TPSA) is 51.5 Å². The quantitative estimate of drug-likeness (QED) is 0.861. The number of ether oxygens (including phenoxy) is 2. The Bertz CT molecular complexity index is 694. The summed E-state index contributed by atoms with van der Waals surface area (Å²) >= 11 is 0. The van der Waals surface area contributed by atoms with E-state index in [2.05, 4.69) is 51.0 Å². The van der Waals surface area contributed by atoms with Crippen molar-refractivity contribution in [1.29, 1.82) is 0 Å². The molecule has 1 aromatic heterocycles. The Balaban J connectivity index is 1.36. The maximum absolute atomic E-state index is 5.97. The van der Waals surface area contributed by atoms with E-state index in [0.717, 1.165) is 58.2 Å². The first-order valence-electron chi connectivity index (χ1n) is 9.63. The van der Waals surface area contributed by atoms with Crippen molar-refractivity contribution in [3.63, 3.8) is 0 Å². The van der Waals surface area contributed by atoms with Gasteiger partial charge in [0, 0.05) is 56.9 Å². The summed E-state index contributed by atoms with van der Waals surface area (Å²) < 4.78 is 13.6. The van der Waals surface area contributed by atoms with Crippen LogP contribution in [-0.4, -0.2) is 48.5 Å². The van der Waals surface area contributed by atoms with Gasteiger partial charge in [0.05, 0.1) is 13.2 Å². The van der Waals surface area contributed by atoms with E-state index in [1.54, 1.807) is 0 Å². The fourth-order valence-corrected chi connectivity index (χ4v) is 3.79. The molecule has 1 aromatic carbocycles. The fourth-order valence-electron chi connectivity index (χ4n) is 3.79. The minimum absolute atomic E-state index is 0.0394. The molecule has 1 N–H and O–H groups in total. The van der Waals surface area contributed by atoms with Gasteiger partial charge in [-0.2, -0.15) is 0 Å². The van der Waals surface area contributed by atoms with Crippen LogP contribution in [0.4, 0.5) is 5.69 Å². The van der Waals surface area contributed by atoms with E-state index in [4.69, 9.17) is 9.47 Å². The number of aromatic nitrogens is 2. The average molecular weight is 356 g/mol. The molecule has 0 saturated carbocycles. The van der Waals surface area contributed by atoms with Crippen molar-refractivity contribution in [1.82, 2.24) is 14.9 Å². The molecule has 4 rings (SSSR count). The maximum Gasteiger partial charge on any atom is 0.139 e. The second-order valence-electron chi connectivity index (χ2n) is 6.90. The summed E-state index contributed by atoms with van der Waals surface area (Å²) in [6.45, 7) is 8.28. The maximum atomic E-state index is 5.97. The first kappa shape index (κ1) is 17.5. The molecule has 3 heterocycles. The van der Waals surface area contributed by atoms with Gasteiger partial charge in [-0.15, -0.1) is 0 Å². The van der Waals surface area contributed by atoms with Crippen molar-refractivity contribution >= 4 is 5.69 Å². The van der Waals surface area contributed by atoms with Crippen LogP contribution in [-0.2, 0) is 22.6 Å². The molecule has 2 aromatic rings. The third-order valence-corrected chi connectivity index (χ3v) is 5.32. The van der Waals surface area contributed by atoms with Gasteiger partial charge in [0.1, 0.15) is 11.9 Å². The lowest BCUT2D eigenvalue weighted by atomic mass is 10.1. The lowest BCUT2D eigenvalue weighted by Crippen LogP contribution is -2.36. The highest BCUT2D eigenvalue weighted by Crippen LogP contribution is 2.28. The number of imidazole rings is 1. The summed E-state index contributed by atoms with van der Waals surface area (Å²) in [4.78, 5) is 6.90. The molecule has 0 amide bonds. The zero-order valence-corrected chi connectivity index (χ0v) is 15.4. The first-order chi connectivity index (χ1) is 12.8. The number of nitrogens with zero attached hydrogens (tertiary/aromatic N) is 3. The summed E-state index contributed by atoms with van der Waals surface area (Å²) in [5.41, 5.74) is 2.58. The molecule has 0 unspecified atom stereocenters. The molecule has 26 heavy (non-hydrogen) atoms. The third kappa shape index (κ3) is 3.77. The van der Waals surface area contributed by atoms with Crippen molar-refractivity contribution < 1.29 is 9.47 Å². The van der Waals surface area contributed by atoms with E-state index in [9.17, 15) is 0 Å². The van der Waals surface area contributed by atoms with Gasteiger partial charge < -0.3 is 24.3 Å². The number of hydrogen-bond acceptors (Lipinski definition) is 5. The minimum Gasteiger partial charge on any atom is -0.378 e. The van der Waals surface area contributed by atoms with Crippen molar-refractivity contribution in [2.24, 2.45) is 0 Å². The number of morpholine rings is 1. The van der Waals surface area contributed by atoms with Crippen molar-refractivity contribution in [2.75, 3.05) is 37.8 Å². The molecule has 2 saturated heterocycles. The number of nitrogens with one attached hydrogen (secondary N) is 1. The standard InChI is InChI=1S/C20H28N4O2/c1-2-23-9-8-21-20(23)19-18(7-12-26-19)22-15-16-3-5-17(6-4-16)24-10-13-25-14-11-24/h3-6,8-9,18-19,22H,2,7,10-15H2,1H3/t18-,19-/m0/s1. The minimum atomic E-state index is 0.0394. The number of anilines is 1. The Kier molecular flexibility index (Phi) is 5.53. The Morgan fingerprint density at radius 3 is 2.73 bits per heavy atom. The van der Waals surface area contributed by atoms with Crippen LogP contribution >= 0.6 is 0 Å². The summed E-state index contributed by atoms with van der Waals surface area (Å²) in [6.07, 6.45) is 4.95. The summed E-state index contributed by atoms with van der Waals surface area (Å²) in [6, 6.07) is 9.18. The predicted octanol–water partition coefficient (Wildman–Crippen LogP) is 2.36. The Morgan fingerprint density at radius 1 is 1.15 bits per heavy atom. The average Bonchev–Trinajstić information content (AvgIpc) is 3.36. The molecule has 2 aliphatic heterocycles. The van der Waals surface area contributed by atoms with Gasteiger partial charge in [0.25, 0.3) is 0 Å². The first-order valence-corrected chi connectivity index (χ1v) is 9.63. The molecule has 0 bridgehead atoms. The monoisotopic (exact) mass is 356 g/mol. The van der Waals surface area contributed by atoms with Crippen LogP contribution in [0.5, 0.6) is 0 Å². The molecule has 2 atom stereocenters. The van der Waals surface area contributed by atoms with Gasteiger partial charge >= 0.3 is 0 Å². The van der Waals surface area contributed by atoms with E-state index >= 15 is 0 Å². The Morgan fingerprint density at radius 2 is 1.96 bits per heavy atom. The molecular weight excluding hydrogens is 328 g/mol. The smallest absolute Gasteiger partial charge is 0.139 e. The summed E-state index contributed by atoms with van der Waals surface area (Å²) in [7, 11) is 0. The van der Waals surface area contributed by atoms with Gasteiger partial charge in [0.15, 0.2) is 0 Å². The number of rotatable bonds is 6. The molecule has 0 radical (unpaired) electrons. The second-order valence-corrected chi connectivity index (χ2v) is 6.90. The van der Waals surface area contributed by atoms with Crippen molar-refractivity contribution in [3.05, 3.63) is 48.0 Å². The highest BCUT2D eigenvalue weighted by molar-refractivity contribution is 5.47. The zero-order valence-electron chi connectivity index (χ0n) is 15.4. The van der Waals surface area contributed by atoms with Crippen molar-refractivity contribution in [2.45, 2.75) is 38.6 Å². The third-order valence-electron chi connectivity index (χ3n) is 5.32. The molecule has 0 aliphatic carbocycles. The molecule has 6 heteroatoms. The molecular formula is C20H28N4O2. The largest absolute Gasteiger partial charge is 0.378 e. The molecule has 2 aliphatic rings. The van der Waals surface area contributed by atoms with Crippen LogP contribution in [0.3, 0.4) is 0 Å². The molecule has 140 valence electrons. The Hall–Kier alpha value is -1.89.